The van der Waals surface area contributed by atoms with Crippen LogP contribution in [-0.4, -0.2) is 51.7 Å². The molecule has 1 aromatic heterocycles. The largest absolute Gasteiger partial charge is 0.346 e. The van der Waals surface area contributed by atoms with Crippen molar-refractivity contribution in [2.24, 2.45) is 7.05 Å². The average molecular weight is 358 g/mol. The lowest BCUT2D eigenvalue weighted by molar-refractivity contribution is -0.131. The molecule has 2 heterocycles. The number of hydrogen-bond donors (Lipinski definition) is 1. The number of thioether (sulfide) groups is 1. The molecule has 1 aliphatic heterocycles. The predicted octanol–water partition coefficient (Wildman–Crippen LogP) is 1.92. The van der Waals surface area contributed by atoms with E-state index in [2.05, 4.69) is 10.3 Å². The minimum Gasteiger partial charge on any atom is -0.346 e. The fraction of sp³-hybridized carbons (Fsp3) is 0.389. The van der Waals surface area contributed by atoms with E-state index in [0.717, 1.165) is 42.3 Å². The number of benzene rings is 1. The molecule has 6 nitrogen and oxygen atoms in total. The number of carbonyl (C=O) groups excluding carboxylic acids is 2. The molecule has 0 saturated carbocycles. The van der Waals surface area contributed by atoms with Gasteiger partial charge in [-0.25, -0.2) is 4.98 Å². The summed E-state index contributed by atoms with van der Waals surface area (Å²) in [4.78, 5) is 30.1. The van der Waals surface area contributed by atoms with Gasteiger partial charge in [0.2, 0.25) is 11.8 Å². The summed E-state index contributed by atoms with van der Waals surface area (Å²) in [6, 6.07) is 10.0. The van der Waals surface area contributed by atoms with Gasteiger partial charge in [0.1, 0.15) is 0 Å². The maximum absolute atomic E-state index is 12.0. The molecule has 1 N–H and O–H groups in total. The fourth-order valence-corrected chi connectivity index (χ4v) is 3.62. The first-order valence-electron chi connectivity index (χ1n) is 8.39. The first-order valence-corrected chi connectivity index (χ1v) is 9.38. The molecule has 2 amide bonds. The molecule has 25 heavy (non-hydrogen) atoms. The van der Waals surface area contributed by atoms with E-state index in [0.29, 0.717) is 0 Å². The van der Waals surface area contributed by atoms with Crippen LogP contribution in [0.25, 0.3) is 11.3 Å². The van der Waals surface area contributed by atoms with Gasteiger partial charge in [-0.3, -0.25) is 9.59 Å². The summed E-state index contributed by atoms with van der Waals surface area (Å²) in [7, 11) is 1.94. The van der Waals surface area contributed by atoms with Crippen LogP contribution in [0.4, 0.5) is 0 Å². The number of rotatable bonds is 6. The van der Waals surface area contributed by atoms with Crippen molar-refractivity contribution in [1.82, 2.24) is 19.8 Å². The number of nitrogens with one attached hydrogen (secondary N) is 1. The third-order valence-corrected chi connectivity index (χ3v) is 5.29. The Morgan fingerprint density at radius 3 is 2.64 bits per heavy atom. The number of hydrogen-bond acceptors (Lipinski definition) is 4. The van der Waals surface area contributed by atoms with Gasteiger partial charge in [-0.05, 0) is 18.4 Å². The number of likely N-dealkylation sites (tertiary alicyclic amines) is 1. The van der Waals surface area contributed by atoms with Crippen LogP contribution in [0.1, 0.15) is 12.8 Å². The van der Waals surface area contributed by atoms with Gasteiger partial charge in [-0.15, -0.1) is 0 Å². The summed E-state index contributed by atoms with van der Waals surface area (Å²) >= 11 is 1.37. The molecule has 1 fully saturated rings. The average Bonchev–Trinajstić information content (AvgIpc) is 3.29. The van der Waals surface area contributed by atoms with Crippen LogP contribution in [-0.2, 0) is 16.6 Å². The van der Waals surface area contributed by atoms with E-state index in [1.165, 1.54) is 11.8 Å². The molecule has 2 aromatic rings. The minimum absolute atomic E-state index is 0.000736. The zero-order valence-corrected chi connectivity index (χ0v) is 15.1. The summed E-state index contributed by atoms with van der Waals surface area (Å²) in [6.07, 6.45) is 3.92. The lowest BCUT2D eigenvalue weighted by Crippen LogP contribution is -2.39. The molecule has 3 rings (SSSR count). The second kappa shape index (κ2) is 8.20. The van der Waals surface area contributed by atoms with E-state index in [9.17, 15) is 9.59 Å². The van der Waals surface area contributed by atoms with Gasteiger partial charge in [0.05, 0.1) is 24.2 Å². The van der Waals surface area contributed by atoms with Crippen molar-refractivity contribution >= 4 is 23.6 Å². The predicted molar refractivity (Wildman–Crippen MR) is 98.2 cm³/mol. The molecule has 7 heteroatoms. The minimum atomic E-state index is -0.151. The molecular formula is C18H22N4O2S. The van der Waals surface area contributed by atoms with Crippen molar-refractivity contribution in [2.45, 2.75) is 18.0 Å². The second-order valence-corrected chi connectivity index (χ2v) is 6.95. The Morgan fingerprint density at radius 2 is 1.92 bits per heavy atom. The quantitative estimate of drug-likeness (QED) is 0.801. The van der Waals surface area contributed by atoms with Crippen LogP contribution in [0, 0.1) is 0 Å². The molecular weight excluding hydrogens is 336 g/mol. The van der Waals surface area contributed by atoms with E-state index in [1.807, 2.05) is 48.1 Å². The Morgan fingerprint density at radius 1 is 1.20 bits per heavy atom. The highest BCUT2D eigenvalue weighted by Crippen LogP contribution is 2.24. The van der Waals surface area contributed by atoms with E-state index in [4.69, 9.17) is 0 Å². The van der Waals surface area contributed by atoms with Crippen molar-refractivity contribution in [3.63, 3.8) is 0 Å². The Bertz CT molecular complexity index is 739. The maximum Gasteiger partial charge on any atom is 0.241 e. The lowest BCUT2D eigenvalue weighted by atomic mass is 10.2. The van der Waals surface area contributed by atoms with Crippen molar-refractivity contribution in [1.29, 1.82) is 0 Å². The zero-order chi connectivity index (χ0) is 17.6. The standard InChI is InChI=1S/C18H22N4O2S/c1-21-15(14-7-3-2-4-8-14)11-20-18(21)25-13-16(23)19-12-17(24)22-9-5-6-10-22/h2-4,7-8,11H,5-6,9-10,12-13H2,1H3,(H,19,23). The zero-order valence-electron chi connectivity index (χ0n) is 14.3. The number of aromatic nitrogens is 2. The molecule has 0 aliphatic carbocycles. The highest BCUT2D eigenvalue weighted by Gasteiger charge is 2.18. The van der Waals surface area contributed by atoms with Crippen molar-refractivity contribution in [2.75, 3.05) is 25.4 Å². The molecule has 0 atom stereocenters. The monoisotopic (exact) mass is 358 g/mol. The SMILES string of the molecule is Cn1c(-c2ccccc2)cnc1SCC(=O)NCC(=O)N1CCCC1. The molecule has 0 radical (unpaired) electrons. The van der Waals surface area contributed by atoms with Crippen LogP contribution in [0.5, 0.6) is 0 Å². The van der Waals surface area contributed by atoms with Crippen LogP contribution < -0.4 is 5.32 Å². The van der Waals surface area contributed by atoms with E-state index in [1.54, 1.807) is 4.90 Å². The molecule has 1 aliphatic rings. The van der Waals surface area contributed by atoms with Gasteiger partial charge in [-0.2, -0.15) is 0 Å². The van der Waals surface area contributed by atoms with Gasteiger partial charge in [0.15, 0.2) is 5.16 Å². The van der Waals surface area contributed by atoms with E-state index < -0.39 is 0 Å². The number of amides is 2. The van der Waals surface area contributed by atoms with Gasteiger partial charge in [-0.1, -0.05) is 42.1 Å². The summed E-state index contributed by atoms with van der Waals surface area (Å²) in [5, 5.41) is 3.48. The Hall–Kier alpha value is -2.28. The fourth-order valence-electron chi connectivity index (χ4n) is 2.84. The van der Waals surface area contributed by atoms with Gasteiger partial charge in [0.25, 0.3) is 0 Å². The second-order valence-electron chi connectivity index (χ2n) is 6.00. The molecule has 1 aromatic carbocycles. The topological polar surface area (TPSA) is 67.2 Å². The normalized spacial score (nSPS) is 13.9. The van der Waals surface area contributed by atoms with Crippen LogP contribution in [0.2, 0.25) is 0 Å². The van der Waals surface area contributed by atoms with Crippen molar-refractivity contribution in [3.05, 3.63) is 36.5 Å². The molecule has 1 saturated heterocycles. The van der Waals surface area contributed by atoms with Crippen LogP contribution >= 0.6 is 11.8 Å². The van der Waals surface area contributed by atoms with Crippen molar-refractivity contribution in [3.8, 4) is 11.3 Å². The third-order valence-electron chi connectivity index (χ3n) is 4.24. The lowest BCUT2D eigenvalue weighted by Gasteiger charge is -2.15. The van der Waals surface area contributed by atoms with Gasteiger partial charge < -0.3 is 14.8 Å². The third kappa shape index (κ3) is 4.42. The molecule has 0 unspecified atom stereocenters. The Kier molecular flexibility index (Phi) is 5.75. The highest BCUT2D eigenvalue weighted by atomic mass is 32.2. The van der Waals surface area contributed by atoms with E-state index in [-0.39, 0.29) is 24.1 Å². The Labute approximate surface area is 151 Å². The van der Waals surface area contributed by atoms with Crippen LogP contribution in [0.3, 0.4) is 0 Å². The summed E-state index contributed by atoms with van der Waals surface area (Å²) < 4.78 is 1.97. The highest BCUT2D eigenvalue weighted by molar-refractivity contribution is 7.99. The summed E-state index contributed by atoms with van der Waals surface area (Å²) in [6.45, 7) is 1.69. The van der Waals surface area contributed by atoms with Crippen LogP contribution in [0.15, 0.2) is 41.7 Å². The summed E-state index contributed by atoms with van der Waals surface area (Å²) in [5.41, 5.74) is 2.10. The van der Waals surface area contributed by atoms with Crippen molar-refractivity contribution < 1.29 is 9.59 Å². The first-order chi connectivity index (χ1) is 12.1. The summed E-state index contributed by atoms with van der Waals surface area (Å²) in [5.74, 6) is 0.0906. The van der Waals surface area contributed by atoms with Gasteiger partial charge in [0, 0.05) is 20.1 Å². The number of carbonyl (C=O) groups is 2. The Balaban J connectivity index is 1.49. The number of nitrogens with zero attached hydrogens (tertiary/aromatic N) is 3. The maximum atomic E-state index is 12.0. The molecule has 0 bridgehead atoms. The number of imidazole rings is 1. The molecule has 0 spiro atoms. The molecule has 132 valence electrons. The van der Waals surface area contributed by atoms with E-state index >= 15 is 0 Å². The first kappa shape index (κ1) is 17.5. The van der Waals surface area contributed by atoms with Gasteiger partial charge >= 0.3 is 0 Å². The smallest absolute Gasteiger partial charge is 0.241 e.